The second-order valence-electron chi connectivity index (χ2n) is 4.67. The lowest BCUT2D eigenvalue weighted by Gasteiger charge is -2.05. The van der Waals surface area contributed by atoms with Crippen LogP contribution in [0, 0.1) is 0 Å². The molecule has 1 N–H and O–H groups in total. The van der Waals surface area contributed by atoms with Crippen LogP contribution in [0.1, 0.15) is 25.8 Å². The minimum atomic E-state index is -0.544. The van der Waals surface area contributed by atoms with Gasteiger partial charge >= 0.3 is 5.97 Å². The topological polar surface area (TPSA) is 46.5 Å². The predicted octanol–water partition coefficient (Wildman–Crippen LogP) is 3.52. The molecule has 0 amide bonds. The highest BCUT2D eigenvalue weighted by atomic mass is 16.5. The Labute approximate surface area is 126 Å². The van der Waals surface area contributed by atoms with Gasteiger partial charge in [-0.3, -0.25) is 0 Å². The van der Waals surface area contributed by atoms with Gasteiger partial charge in [0, 0.05) is 6.08 Å². The van der Waals surface area contributed by atoms with E-state index < -0.39 is 6.10 Å². The van der Waals surface area contributed by atoms with E-state index >= 15 is 0 Å². The van der Waals surface area contributed by atoms with Crippen LogP contribution < -0.4 is 0 Å². The maximum absolute atomic E-state index is 11.1. The number of aliphatic hydroxyl groups excluding tert-OH is 1. The molecule has 0 aliphatic rings. The maximum Gasteiger partial charge on any atom is 0.330 e. The zero-order valence-electron chi connectivity index (χ0n) is 12.5. The summed E-state index contributed by atoms with van der Waals surface area (Å²) in [6.45, 7) is 4.05. The van der Waals surface area contributed by atoms with Crippen LogP contribution in [0.3, 0.4) is 0 Å². The summed E-state index contributed by atoms with van der Waals surface area (Å²) in [6, 6.07) is 9.83. The molecule has 112 valence electrons. The van der Waals surface area contributed by atoms with Crippen LogP contribution in [0.2, 0.25) is 0 Å². The molecule has 3 nitrogen and oxygen atoms in total. The van der Waals surface area contributed by atoms with E-state index in [2.05, 4.69) is 0 Å². The number of hydrogen-bond donors (Lipinski definition) is 1. The number of hydrogen-bond acceptors (Lipinski definition) is 3. The van der Waals surface area contributed by atoms with Crippen LogP contribution in [0.25, 0.3) is 6.08 Å². The van der Waals surface area contributed by atoms with Gasteiger partial charge in [0.1, 0.15) is 0 Å². The second kappa shape index (κ2) is 9.72. The van der Waals surface area contributed by atoms with Gasteiger partial charge in [-0.05, 0) is 25.8 Å². The first-order valence-electron chi connectivity index (χ1n) is 7.03. The highest BCUT2D eigenvalue weighted by Crippen LogP contribution is 2.09. The van der Waals surface area contributed by atoms with Gasteiger partial charge in [0.25, 0.3) is 0 Å². The normalized spacial score (nSPS) is 13.8. The van der Waals surface area contributed by atoms with E-state index in [0.717, 1.165) is 11.1 Å². The Morgan fingerprint density at radius 1 is 1.33 bits per heavy atom. The van der Waals surface area contributed by atoms with E-state index in [4.69, 9.17) is 4.74 Å². The summed E-state index contributed by atoms with van der Waals surface area (Å²) >= 11 is 0. The van der Waals surface area contributed by atoms with Crippen LogP contribution in [0.4, 0.5) is 0 Å². The lowest BCUT2D eigenvalue weighted by atomic mass is 10.1. The molecule has 1 rings (SSSR count). The van der Waals surface area contributed by atoms with Crippen molar-refractivity contribution >= 4 is 12.0 Å². The molecule has 0 aromatic heterocycles. The van der Waals surface area contributed by atoms with Crippen molar-refractivity contribution in [2.24, 2.45) is 0 Å². The summed E-state index contributed by atoms with van der Waals surface area (Å²) in [5.74, 6) is -0.355. The molecule has 1 unspecified atom stereocenters. The van der Waals surface area contributed by atoms with Gasteiger partial charge in [0.15, 0.2) is 0 Å². The van der Waals surface area contributed by atoms with Crippen molar-refractivity contribution < 1.29 is 14.6 Å². The van der Waals surface area contributed by atoms with Crippen molar-refractivity contribution in [2.75, 3.05) is 6.61 Å². The first-order chi connectivity index (χ1) is 10.1. The van der Waals surface area contributed by atoms with Crippen LogP contribution in [0.5, 0.6) is 0 Å². The smallest absolute Gasteiger partial charge is 0.330 e. The van der Waals surface area contributed by atoms with Crippen LogP contribution >= 0.6 is 0 Å². The number of aliphatic hydroxyl groups is 1. The lowest BCUT2D eigenvalue weighted by molar-refractivity contribution is -0.137. The number of carbonyl (C=O) groups excluding carboxylic acids is 1. The van der Waals surface area contributed by atoms with Crippen molar-refractivity contribution in [3.05, 3.63) is 65.8 Å². The first kappa shape index (κ1) is 16.9. The third-order valence-corrected chi connectivity index (χ3v) is 2.74. The Balaban J connectivity index is 2.44. The zero-order chi connectivity index (χ0) is 15.5. The van der Waals surface area contributed by atoms with Crippen molar-refractivity contribution in [2.45, 2.75) is 26.4 Å². The summed E-state index contributed by atoms with van der Waals surface area (Å²) in [6.07, 6.45) is 8.46. The molecule has 0 saturated carbocycles. The monoisotopic (exact) mass is 286 g/mol. The molecule has 0 radical (unpaired) electrons. The van der Waals surface area contributed by atoms with E-state index in [9.17, 15) is 9.90 Å². The van der Waals surface area contributed by atoms with Gasteiger partial charge in [0.05, 0.1) is 12.7 Å². The van der Waals surface area contributed by atoms with Gasteiger partial charge in [-0.2, -0.15) is 0 Å². The molecule has 1 aromatic rings. The molecule has 1 aromatic carbocycles. The molecule has 0 saturated heterocycles. The number of rotatable bonds is 7. The number of carbonyl (C=O) groups is 1. The minimum absolute atomic E-state index is 0.355. The number of esters is 1. The fraction of sp³-hybridized carbons (Fsp3) is 0.278. The fourth-order valence-electron chi connectivity index (χ4n) is 1.73. The SMILES string of the molecule is CCOC(=O)/C=C\C=C(\C)CC(O)/C=C/c1ccccc1. The van der Waals surface area contributed by atoms with Crippen molar-refractivity contribution in [3.63, 3.8) is 0 Å². The second-order valence-corrected chi connectivity index (χ2v) is 4.67. The summed E-state index contributed by atoms with van der Waals surface area (Å²) in [4.78, 5) is 11.1. The molecular weight excluding hydrogens is 264 g/mol. The lowest BCUT2D eigenvalue weighted by Crippen LogP contribution is -2.02. The zero-order valence-corrected chi connectivity index (χ0v) is 12.5. The van der Waals surface area contributed by atoms with E-state index in [0.29, 0.717) is 13.0 Å². The molecule has 0 spiro atoms. The maximum atomic E-state index is 11.1. The average molecular weight is 286 g/mol. The molecule has 0 aliphatic heterocycles. The Hall–Kier alpha value is -2.13. The summed E-state index contributed by atoms with van der Waals surface area (Å²) in [5.41, 5.74) is 2.04. The first-order valence-corrected chi connectivity index (χ1v) is 7.03. The largest absolute Gasteiger partial charge is 0.463 e. The molecule has 21 heavy (non-hydrogen) atoms. The highest BCUT2D eigenvalue weighted by molar-refractivity contribution is 5.82. The molecule has 3 heteroatoms. The Bertz CT molecular complexity index is 513. The molecule has 0 aliphatic carbocycles. The molecule has 0 fully saturated rings. The van der Waals surface area contributed by atoms with E-state index in [1.54, 1.807) is 25.2 Å². The van der Waals surface area contributed by atoms with E-state index in [-0.39, 0.29) is 5.97 Å². The Morgan fingerprint density at radius 3 is 2.71 bits per heavy atom. The Kier molecular flexibility index (Phi) is 7.84. The quantitative estimate of drug-likeness (QED) is 0.474. The van der Waals surface area contributed by atoms with Gasteiger partial charge < -0.3 is 9.84 Å². The Morgan fingerprint density at radius 2 is 2.05 bits per heavy atom. The van der Waals surface area contributed by atoms with Crippen molar-refractivity contribution in [3.8, 4) is 0 Å². The van der Waals surface area contributed by atoms with Crippen molar-refractivity contribution in [1.82, 2.24) is 0 Å². The minimum Gasteiger partial charge on any atom is -0.463 e. The van der Waals surface area contributed by atoms with Crippen LogP contribution in [-0.4, -0.2) is 23.8 Å². The average Bonchev–Trinajstić information content (AvgIpc) is 2.46. The van der Waals surface area contributed by atoms with Gasteiger partial charge in [-0.1, -0.05) is 60.2 Å². The standard InChI is InChI=1S/C18H22O3/c1-3-21-18(20)11-7-8-15(2)14-17(19)13-12-16-9-5-4-6-10-16/h4-13,17,19H,3,14H2,1-2H3/b11-7-,13-12+,15-8-. The summed E-state index contributed by atoms with van der Waals surface area (Å²) < 4.78 is 4.78. The van der Waals surface area contributed by atoms with E-state index in [1.807, 2.05) is 43.3 Å². The fourth-order valence-corrected chi connectivity index (χ4v) is 1.73. The van der Waals surface area contributed by atoms with Crippen LogP contribution in [0.15, 0.2) is 60.2 Å². The van der Waals surface area contributed by atoms with Crippen LogP contribution in [-0.2, 0) is 9.53 Å². The number of benzene rings is 1. The molecule has 0 bridgehead atoms. The summed E-state index contributed by atoms with van der Waals surface area (Å²) in [5, 5.41) is 9.93. The number of allylic oxidation sites excluding steroid dienone is 2. The van der Waals surface area contributed by atoms with E-state index in [1.165, 1.54) is 6.08 Å². The highest BCUT2D eigenvalue weighted by Gasteiger charge is 2.00. The summed E-state index contributed by atoms with van der Waals surface area (Å²) in [7, 11) is 0. The van der Waals surface area contributed by atoms with Gasteiger partial charge in [0.2, 0.25) is 0 Å². The third kappa shape index (κ3) is 7.90. The van der Waals surface area contributed by atoms with Gasteiger partial charge in [-0.25, -0.2) is 4.79 Å². The number of ether oxygens (including phenoxy) is 1. The molecular formula is C18H22O3. The molecule has 1 atom stereocenters. The van der Waals surface area contributed by atoms with Gasteiger partial charge in [-0.15, -0.1) is 0 Å². The third-order valence-electron chi connectivity index (χ3n) is 2.74. The van der Waals surface area contributed by atoms with Crippen molar-refractivity contribution in [1.29, 1.82) is 0 Å². The molecule has 0 heterocycles. The predicted molar refractivity (Wildman–Crippen MR) is 85.6 cm³/mol.